The minimum absolute atomic E-state index is 0.348. The zero-order chi connectivity index (χ0) is 8.97. The van der Waals surface area contributed by atoms with Gasteiger partial charge in [0.2, 0.25) is 0 Å². The van der Waals surface area contributed by atoms with Crippen molar-refractivity contribution in [2.45, 2.75) is 39.5 Å². The molecule has 0 aromatic rings. The summed E-state index contributed by atoms with van der Waals surface area (Å²) in [6, 6.07) is 0. The van der Waals surface area contributed by atoms with Gasteiger partial charge in [-0.3, -0.25) is 0 Å². The highest BCUT2D eigenvalue weighted by Gasteiger charge is 2.18. The van der Waals surface area contributed by atoms with Crippen LogP contribution < -0.4 is 0 Å². The van der Waals surface area contributed by atoms with Crippen LogP contribution >= 0.6 is 0 Å². The summed E-state index contributed by atoms with van der Waals surface area (Å²) in [5, 5.41) is 8.80. The Bertz CT molecular complexity index is 160. The SMILES string of the molecule is CC1=CCC(C(C)CCO)CC1. The first kappa shape index (κ1) is 9.79. The van der Waals surface area contributed by atoms with Gasteiger partial charge >= 0.3 is 0 Å². The van der Waals surface area contributed by atoms with Gasteiger partial charge in [-0.2, -0.15) is 0 Å². The van der Waals surface area contributed by atoms with Crippen molar-refractivity contribution in [2.24, 2.45) is 11.8 Å². The minimum atomic E-state index is 0.348. The Hall–Kier alpha value is -0.300. The number of rotatable bonds is 3. The van der Waals surface area contributed by atoms with Gasteiger partial charge < -0.3 is 5.11 Å². The quantitative estimate of drug-likeness (QED) is 0.642. The molecule has 1 aliphatic carbocycles. The van der Waals surface area contributed by atoms with Crippen molar-refractivity contribution in [2.75, 3.05) is 6.61 Å². The van der Waals surface area contributed by atoms with Crippen LogP contribution in [0.15, 0.2) is 11.6 Å². The molecule has 0 heterocycles. The molecular formula is C11H20O. The molecule has 1 N–H and O–H groups in total. The van der Waals surface area contributed by atoms with E-state index >= 15 is 0 Å². The molecule has 0 aliphatic heterocycles. The van der Waals surface area contributed by atoms with Crippen LogP contribution in [0.2, 0.25) is 0 Å². The van der Waals surface area contributed by atoms with E-state index in [4.69, 9.17) is 5.11 Å². The maximum absolute atomic E-state index is 8.80. The van der Waals surface area contributed by atoms with E-state index in [0.717, 1.165) is 12.3 Å². The van der Waals surface area contributed by atoms with Crippen LogP contribution in [0, 0.1) is 11.8 Å². The van der Waals surface area contributed by atoms with E-state index in [1.165, 1.54) is 19.3 Å². The minimum Gasteiger partial charge on any atom is -0.396 e. The topological polar surface area (TPSA) is 20.2 Å². The lowest BCUT2D eigenvalue weighted by Gasteiger charge is -2.25. The Balaban J connectivity index is 2.34. The Labute approximate surface area is 75.5 Å². The highest BCUT2D eigenvalue weighted by Crippen LogP contribution is 2.30. The molecule has 70 valence electrons. The van der Waals surface area contributed by atoms with Gasteiger partial charge in [-0.15, -0.1) is 0 Å². The Morgan fingerprint density at radius 1 is 1.67 bits per heavy atom. The van der Waals surface area contributed by atoms with Crippen molar-refractivity contribution >= 4 is 0 Å². The molecule has 0 radical (unpaired) electrons. The molecule has 0 aromatic heterocycles. The van der Waals surface area contributed by atoms with E-state index < -0.39 is 0 Å². The van der Waals surface area contributed by atoms with Crippen molar-refractivity contribution in [1.29, 1.82) is 0 Å². The predicted molar refractivity (Wildman–Crippen MR) is 52.0 cm³/mol. The second-order valence-corrected chi connectivity index (χ2v) is 4.07. The van der Waals surface area contributed by atoms with Crippen molar-refractivity contribution < 1.29 is 5.11 Å². The zero-order valence-electron chi connectivity index (χ0n) is 8.21. The maximum Gasteiger partial charge on any atom is 0.0433 e. The third-order valence-electron chi connectivity index (χ3n) is 3.07. The number of aliphatic hydroxyl groups excluding tert-OH is 1. The van der Waals surface area contributed by atoms with Crippen LogP contribution in [0.3, 0.4) is 0 Å². The summed E-state index contributed by atoms with van der Waals surface area (Å²) in [4.78, 5) is 0. The number of hydrogen-bond donors (Lipinski definition) is 1. The lowest BCUT2D eigenvalue weighted by atomic mass is 9.80. The molecule has 0 aromatic carbocycles. The summed E-state index contributed by atoms with van der Waals surface area (Å²) in [6.45, 7) is 4.82. The van der Waals surface area contributed by atoms with Crippen LogP contribution in [0.25, 0.3) is 0 Å². The first-order chi connectivity index (χ1) is 5.74. The Morgan fingerprint density at radius 2 is 2.42 bits per heavy atom. The first-order valence-corrected chi connectivity index (χ1v) is 5.00. The standard InChI is InChI=1S/C11H20O/c1-9-3-5-11(6-4-9)10(2)7-8-12/h3,10-12H,4-8H2,1-2H3. The van der Waals surface area contributed by atoms with Gasteiger partial charge in [0.25, 0.3) is 0 Å². The zero-order valence-corrected chi connectivity index (χ0v) is 8.21. The molecule has 1 rings (SSSR count). The fourth-order valence-electron chi connectivity index (χ4n) is 1.94. The van der Waals surface area contributed by atoms with Crippen LogP contribution in [-0.4, -0.2) is 11.7 Å². The highest BCUT2D eigenvalue weighted by molar-refractivity contribution is 5.03. The van der Waals surface area contributed by atoms with Crippen LogP contribution in [0.4, 0.5) is 0 Å². The summed E-state index contributed by atoms with van der Waals surface area (Å²) in [5.41, 5.74) is 1.54. The first-order valence-electron chi connectivity index (χ1n) is 5.00. The third kappa shape index (κ3) is 2.63. The van der Waals surface area contributed by atoms with E-state index in [-0.39, 0.29) is 0 Å². The van der Waals surface area contributed by atoms with Crippen molar-refractivity contribution in [3.8, 4) is 0 Å². The molecule has 1 nitrogen and oxygen atoms in total. The van der Waals surface area contributed by atoms with Gasteiger partial charge in [0.15, 0.2) is 0 Å². The Morgan fingerprint density at radius 3 is 2.92 bits per heavy atom. The van der Waals surface area contributed by atoms with Crippen LogP contribution in [0.5, 0.6) is 0 Å². The summed E-state index contributed by atoms with van der Waals surface area (Å²) in [7, 11) is 0. The smallest absolute Gasteiger partial charge is 0.0433 e. The summed E-state index contributed by atoms with van der Waals surface area (Å²) < 4.78 is 0. The van der Waals surface area contributed by atoms with Gasteiger partial charge in [-0.25, -0.2) is 0 Å². The molecule has 2 atom stereocenters. The molecule has 0 amide bonds. The molecule has 1 heteroatoms. The van der Waals surface area contributed by atoms with Crippen molar-refractivity contribution in [1.82, 2.24) is 0 Å². The van der Waals surface area contributed by atoms with Gasteiger partial charge in [-0.05, 0) is 44.4 Å². The van der Waals surface area contributed by atoms with E-state index in [1.54, 1.807) is 5.57 Å². The van der Waals surface area contributed by atoms with E-state index in [9.17, 15) is 0 Å². The number of hydrogen-bond acceptors (Lipinski definition) is 1. The average molecular weight is 168 g/mol. The van der Waals surface area contributed by atoms with Crippen molar-refractivity contribution in [3.63, 3.8) is 0 Å². The van der Waals surface area contributed by atoms with Crippen molar-refractivity contribution in [3.05, 3.63) is 11.6 Å². The predicted octanol–water partition coefficient (Wildman–Crippen LogP) is 2.75. The molecular weight excluding hydrogens is 148 g/mol. The van der Waals surface area contributed by atoms with Gasteiger partial charge in [0.05, 0.1) is 0 Å². The fraction of sp³-hybridized carbons (Fsp3) is 0.818. The fourth-order valence-corrected chi connectivity index (χ4v) is 1.94. The maximum atomic E-state index is 8.80. The molecule has 0 fully saturated rings. The lowest BCUT2D eigenvalue weighted by molar-refractivity contribution is 0.221. The third-order valence-corrected chi connectivity index (χ3v) is 3.07. The normalized spacial score (nSPS) is 26.6. The molecule has 0 bridgehead atoms. The van der Waals surface area contributed by atoms with E-state index in [2.05, 4.69) is 19.9 Å². The molecule has 0 saturated carbocycles. The summed E-state index contributed by atoms with van der Waals surface area (Å²) >= 11 is 0. The van der Waals surface area contributed by atoms with Gasteiger partial charge in [-0.1, -0.05) is 18.6 Å². The van der Waals surface area contributed by atoms with E-state index in [0.29, 0.717) is 12.5 Å². The summed E-state index contributed by atoms with van der Waals surface area (Å²) in [6.07, 6.45) is 7.15. The molecule has 12 heavy (non-hydrogen) atoms. The molecule has 0 saturated heterocycles. The molecule has 1 aliphatic rings. The second kappa shape index (κ2) is 4.66. The second-order valence-electron chi connectivity index (χ2n) is 4.07. The summed E-state index contributed by atoms with van der Waals surface area (Å²) in [5.74, 6) is 1.51. The van der Waals surface area contributed by atoms with E-state index in [1.807, 2.05) is 0 Å². The highest BCUT2D eigenvalue weighted by atomic mass is 16.3. The number of allylic oxidation sites excluding steroid dienone is 2. The van der Waals surface area contributed by atoms with Gasteiger partial charge in [0.1, 0.15) is 0 Å². The molecule has 0 spiro atoms. The largest absolute Gasteiger partial charge is 0.396 e. The lowest BCUT2D eigenvalue weighted by Crippen LogP contribution is -2.15. The van der Waals surface area contributed by atoms with Crippen LogP contribution in [-0.2, 0) is 0 Å². The Kier molecular flexibility index (Phi) is 3.80. The van der Waals surface area contributed by atoms with Gasteiger partial charge in [0, 0.05) is 6.61 Å². The number of aliphatic hydroxyl groups is 1. The average Bonchev–Trinajstić information content (AvgIpc) is 2.06. The monoisotopic (exact) mass is 168 g/mol. The molecule has 2 unspecified atom stereocenters. The van der Waals surface area contributed by atoms with Crippen LogP contribution in [0.1, 0.15) is 39.5 Å².